The number of nitrogens with zero attached hydrogens (tertiary/aromatic N) is 1. The highest BCUT2D eigenvalue weighted by atomic mass is 35.5. The zero-order chi connectivity index (χ0) is 19.6. The van der Waals surface area contributed by atoms with Crippen LogP contribution in [-0.4, -0.2) is 42.5 Å². The lowest BCUT2D eigenvalue weighted by atomic mass is 9.94. The van der Waals surface area contributed by atoms with Crippen molar-refractivity contribution < 1.29 is 27.4 Å². The van der Waals surface area contributed by atoms with Gasteiger partial charge in [-0.15, -0.1) is 38.0 Å². The smallest absolute Gasteiger partial charge is 0.505 e. The number of hydrogen-bond acceptors (Lipinski definition) is 4. The molecule has 1 atom stereocenters. The summed E-state index contributed by atoms with van der Waals surface area (Å²) in [5.41, 5.74) is 1.68. The van der Waals surface area contributed by atoms with Gasteiger partial charge in [0.2, 0.25) is 0 Å². The van der Waals surface area contributed by atoms with Crippen LogP contribution in [0.3, 0.4) is 0 Å². The maximum Gasteiger partial charge on any atom is 0.573 e. The van der Waals surface area contributed by atoms with E-state index < -0.39 is 24.0 Å². The molecule has 10 heteroatoms. The van der Waals surface area contributed by atoms with Gasteiger partial charge in [-0.1, -0.05) is 18.2 Å². The molecule has 0 radical (unpaired) electrons. The van der Waals surface area contributed by atoms with E-state index in [1.54, 1.807) is 13.0 Å². The summed E-state index contributed by atoms with van der Waals surface area (Å²) in [4.78, 5) is 2.06. The fourth-order valence-electron chi connectivity index (χ4n) is 3.35. The molecule has 29 heavy (non-hydrogen) atoms. The van der Waals surface area contributed by atoms with E-state index in [1.807, 2.05) is 0 Å². The Kier molecular flexibility index (Phi) is 9.02. The Bertz CT molecular complexity index is 798. The van der Waals surface area contributed by atoms with E-state index in [1.165, 1.54) is 30.3 Å². The highest BCUT2D eigenvalue weighted by Crippen LogP contribution is 2.37. The predicted octanol–water partition coefficient (Wildman–Crippen LogP) is 4.58. The van der Waals surface area contributed by atoms with Crippen LogP contribution in [0.4, 0.5) is 17.6 Å². The zero-order valence-electron chi connectivity index (χ0n) is 15.5. The van der Waals surface area contributed by atoms with Gasteiger partial charge in [0.1, 0.15) is 5.75 Å². The van der Waals surface area contributed by atoms with Gasteiger partial charge in [0.05, 0.1) is 6.04 Å². The van der Waals surface area contributed by atoms with Crippen molar-refractivity contribution in [2.24, 2.45) is 0 Å². The summed E-state index contributed by atoms with van der Waals surface area (Å²) in [6.07, 6.45) is -4.77. The molecule has 3 rings (SSSR count). The third-order valence-electron chi connectivity index (χ3n) is 4.48. The Labute approximate surface area is 178 Å². The van der Waals surface area contributed by atoms with E-state index in [2.05, 4.69) is 15.0 Å². The topological polar surface area (TPSA) is 44.7 Å². The van der Waals surface area contributed by atoms with Crippen LogP contribution >= 0.6 is 24.8 Å². The molecule has 0 spiro atoms. The Morgan fingerprint density at radius 3 is 2.21 bits per heavy atom. The lowest BCUT2D eigenvalue weighted by Crippen LogP contribution is -2.45. The largest absolute Gasteiger partial charge is 0.573 e. The average Bonchev–Trinajstić information content (AvgIpc) is 2.60. The van der Waals surface area contributed by atoms with Crippen LogP contribution in [0.25, 0.3) is 0 Å². The maximum atomic E-state index is 14.1. The Hall–Kier alpha value is -1.74. The molecule has 1 aliphatic heterocycles. The number of hydrogen-bond donors (Lipinski definition) is 2. The van der Waals surface area contributed by atoms with Crippen LogP contribution in [0.1, 0.15) is 22.7 Å². The summed E-state index contributed by atoms with van der Waals surface area (Å²) >= 11 is 0. The number of aryl methyl sites for hydroxylation is 1. The van der Waals surface area contributed by atoms with Crippen molar-refractivity contribution in [2.45, 2.75) is 19.3 Å². The lowest BCUT2D eigenvalue weighted by Gasteiger charge is -2.36. The minimum absolute atomic E-state index is 0. The molecule has 1 aliphatic rings. The van der Waals surface area contributed by atoms with Crippen LogP contribution < -0.4 is 10.1 Å². The van der Waals surface area contributed by atoms with Crippen LogP contribution in [-0.2, 0) is 0 Å². The molecule has 1 fully saturated rings. The van der Waals surface area contributed by atoms with Gasteiger partial charge >= 0.3 is 6.36 Å². The van der Waals surface area contributed by atoms with E-state index in [9.17, 15) is 22.7 Å². The first-order valence-electron chi connectivity index (χ1n) is 8.54. The molecule has 2 N–H and O–H groups in total. The third kappa shape index (κ3) is 6.37. The minimum atomic E-state index is -4.77. The van der Waals surface area contributed by atoms with Gasteiger partial charge in [-0.2, -0.15) is 0 Å². The second-order valence-electron chi connectivity index (χ2n) is 6.49. The molecule has 1 saturated heterocycles. The SMILES string of the molecule is Cc1cc(F)c(O)c([C@H](c2ccc(OC(F)(F)F)cc2)N2CCNCC2)c1.Cl.Cl. The molecule has 0 aromatic heterocycles. The van der Waals surface area contributed by atoms with Crippen molar-refractivity contribution in [1.29, 1.82) is 0 Å². The van der Waals surface area contributed by atoms with Crippen molar-refractivity contribution in [3.63, 3.8) is 0 Å². The first-order chi connectivity index (χ1) is 12.7. The standard InChI is InChI=1S/C19H20F4N2O2.2ClH/c1-12-10-15(18(26)16(20)11-12)17(25-8-6-24-7-9-25)13-2-4-14(5-3-13)27-19(21,22)23;;/h2-5,10-11,17,24,26H,6-9H2,1H3;2*1H/t17-;;/m0../s1. The average molecular weight is 457 g/mol. The molecule has 2 aromatic carbocycles. The number of phenolic OH excluding ortho intramolecular Hbond substituents is 1. The van der Waals surface area contributed by atoms with Crippen molar-refractivity contribution >= 4 is 24.8 Å². The molecule has 4 nitrogen and oxygen atoms in total. The molecule has 0 bridgehead atoms. The van der Waals surface area contributed by atoms with Gasteiger partial charge in [0.15, 0.2) is 11.6 Å². The second-order valence-corrected chi connectivity index (χ2v) is 6.49. The number of rotatable bonds is 4. The lowest BCUT2D eigenvalue weighted by molar-refractivity contribution is -0.274. The molecule has 0 saturated carbocycles. The van der Waals surface area contributed by atoms with E-state index in [0.717, 1.165) is 13.1 Å². The quantitative estimate of drug-likeness (QED) is 0.661. The summed E-state index contributed by atoms with van der Waals surface area (Å²) in [6.45, 7) is 4.48. The minimum Gasteiger partial charge on any atom is -0.505 e. The predicted molar refractivity (Wildman–Crippen MR) is 107 cm³/mol. The molecule has 0 unspecified atom stereocenters. The Balaban J connectivity index is 0.00000210. The third-order valence-corrected chi connectivity index (χ3v) is 4.48. The van der Waals surface area contributed by atoms with Crippen molar-refractivity contribution in [2.75, 3.05) is 26.2 Å². The van der Waals surface area contributed by atoms with Crippen molar-refractivity contribution in [3.05, 3.63) is 58.9 Å². The van der Waals surface area contributed by atoms with E-state index in [4.69, 9.17) is 0 Å². The van der Waals surface area contributed by atoms with Gasteiger partial charge in [-0.3, -0.25) is 4.90 Å². The first kappa shape index (κ1) is 25.3. The molecule has 2 aromatic rings. The molecule has 0 amide bonds. The van der Waals surface area contributed by atoms with Gasteiger partial charge in [-0.25, -0.2) is 4.39 Å². The van der Waals surface area contributed by atoms with E-state index >= 15 is 0 Å². The summed E-state index contributed by atoms with van der Waals surface area (Å²) in [5, 5.41) is 13.5. The second kappa shape index (κ2) is 10.3. The highest BCUT2D eigenvalue weighted by molar-refractivity contribution is 5.85. The van der Waals surface area contributed by atoms with E-state index in [0.29, 0.717) is 29.8 Å². The number of alkyl halides is 3. The zero-order valence-corrected chi connectivity index (χ0v) is 17.1. The van der Waals surface area contributed by atoms with Gasteiger partial charge in [0, 0.05) is 31.7 Å². The first-order valence-corrected chi connectivity index (χ1v) is 8.54. The molecular formula is C19H22Cl2F4N2O2. The number of halogens is 6. The van der Waals surface area contributed by atoms with Gasteiger partial charge in [0.25, 0.3) is 0 Å². The number of ether oxygens (including phenoxy) is 1. The van der Waals surface area contributed by atoms with E-state index in [-0.39, 0.29) is 30.6 Å². The Morgan fingerprint density at radius 1 is 1.07 bits per heavy atom. The summed E-state index contributed by atoms with van der Waals surface area (Å²) in [5.74, 6) is -1.49. The summed E-state index contributed by atoms with van der Waals surface area (Å²) in [6, 6.07) is 7.92. The molecule has 1 heterocycles. The molecule has 0 aliphatic carbocycles. The fraction of sp³-hybridized carbons (Fsp3) is 0.368. The molecule has 162 valence electrons. The van der Waals surface area contributed by atoms with Crippen LogP contribution in [0.15, 0.2) is 36.4 Å². The number of aromatic hydroxyl groups is 1. The summed E-state index contributed by atoms with van der Waals surface area (Å²) in [7, 11) is 0. The van der Waals surface area contributed by atoms with Crippen LogP contribution in [0, 0.1) is 12.7 Å². The van der Waals surface area contributed by atoms with Crippen LogP contribution in [0.5, 0.6) is 11.5 Å². The summed E-state index contributed by atoms with van der Waals surface area (Å²) < 4.78 is 55.2. The number of phenols is 1. The monoisotopic (exact) mass is 456 g/mol. The van der Waals surface area contributed by atoms with Gasteiger partial charge in [-0.05, 0) is 36.2 Å². The van der Waals surface area contributed by atoms with Crippen molar-refractivity contribution in [1.82, 2.24) is 10.2 Å². The fourth-order valence-corrected chi connectivity index (χ4v) is 3.35. The van der Waals surface area contributed by atoms with Crippen molar-refractivity contribution in [3.8, 4) is 11.5 Å². The maximum absolute atomic E-state index is 14.1. The number of benzene rings is 2. The Morgan fingerprint density at radius 2 is 1.66 bits per heavy atom. The number of piperazine rings is 1. The van der Waals surface area contributed by atoms with Gasteiger partial charge < -0.3 is 15.2 Å². The highest BCUT2D eigenvalue weighted by Gasteiger charge is 2.32. The molecular weight excluding hydrogens is 435 g/mol. The normalized spacial score (nSPS) is 15.8. The van der Waals surface area contributed by atoms with Crippen LogP contribution in [0.2, 0.25) is 0 Å². The number of nitrogens with one attached hydrogen (secondary N) is 1.